The number of para-hydroxylation sites is 1. The summed E-state index contributed by atoms with van der Waals surface area (Å²) in [4.78, 5) is 10.3. The van der Waals surface area contributed by atoms with Gasteiger partial charge in [0.2, 0.25) is 0 Å². The molecule has 0 bridgehead atoms. The van der Waals surface area contributed by atoms with Crippen molar-refractivity contribution in [2.45, 2.75) is 44.8 Å². The molecule has 0 aliphatic heterocycles. The van der Waals surface area contributed by atoms with E-state index in [1.807, 2.05) is 93.6 Å². The lowest BCUT2D eigenvalue weighted by atomic mass is 9.75. The Hall–Kier alpha value is -5.46. The molecule has 1 unspecified atom stereocenters. The average Bonchev–Trinajstić information content (AvgIpc) is 3.77. The highest BCUT2D eigenvalue weighted by molar-refractivity contribution is 7.80. The van der Waals surface area contributed by atoms with E-state index < -0.39 is 6.17 Å². The summed E-state index contributed by atoms with van der Waals surface area (Å²) in [5, 5.41) is 16.5. The van der Waals surface area contributed by atoms with Crippen molar-refractivity contribution in [2.24, 2.45) is 9.98 Å². The zero-order valence-corrected chi connectivity index (χ0v) is 30.2. The quantitative estimate of drug-likeness (QED) is 0.0683. The molecule has 5 nitrogen and oxygen atoms in total. The summed E-state index contributed by atoms with van der Waals surface area (Å²) >= 11 is 4.99. The summed E-state index contributed by atoms with van der Waals surface area (Å²) in [6.07, 6.45) is 0.0877. The number of aromatic hydroxyl groups is 1. The van der Waals surface area contributed by atoms with Crippen molar-refractivity contribution in [3.8, 4) is 28.0 Å². The lowest BCUT2D eigenvalue weighted by molar-refractivity contribution is 0.465. The van der Waals surface area contributed by atoms with Gasteiger partial charge >= 0.3 is 0 Å². The zero-order valence-electron chi connectivity index (χ0n) is 29.3. The van der Waals surface area contributed by atoms with E-state index in [4.69, 9.17) is 37.7 Å². The molecule has 0 saturated carbocycles. The third-order valence-corrected chi connectivity index (χ3v) is 11.0. The van der Waals surface area contributed by atoms with E-state index in [2.05, 4.69) is 41.3 Å². The Labute approximate surface area is 311 Å². The number of fused-ring (bicyclic) bond motifs is 6. The molecule has 0 saturated heterocycles. The summed E-state index contributed by atoms with van der Waals surface area (Å²) < 4.78 is 6.47. The fraction of sp³-hybridized carbons (Fsp3) is 0.136. The minimum atomic E-state index is -0.488. The molecule has 8 heteroatoms. The predicted octanol–water partition coefficient (Wildman–Crippen LogP) is 8.27. The van der Waals surface area contributed by atoms with Crippen LogP contribution in [-0.2, 0) is 13.0 Å². The summed E-state index contributed by atoms with van der Waals surface area (Å²) in [7, 11) is 13.9. The maximum Gasteiger partial charge on any atom is 0.145 e. The van der Waals surface area contributed by atoms with Crippen molar-refractivity contribution in [3.63, 3.8) is 0 Å². The summed E-state index contributed by atoms with van der Waals surface area (Å²) in [5.74, 6) is 0.897. The van der Waals surface area contributed by atoms with E-state index in [-0.39, 0.29) is 6.54 Å². The largest absolute Gasteiger partial charge is 0.507 e. The second-order valence-electron chi connectivity index (χ2n) is 13.4. The van der Waals surface area contributed by atoms with Crippen LogP contribution in [0.15, 0.2) is 116 Å². The summed E-state index contributed by atoms with van der Waals surface area (Å²) in [6.45, 7) is 10.0. The molecule has 1 heterocycles. The second kappa shape index (κ2) is 13.3. The normalized spacial score (nSPS) is 13.0. The van der Waals surface area contributed by atoms with E-state index in [9.17, 15) is 5.11 Å². The van der Waals surface area contributed by atoms with Crippen molar-refractivity contribution in [2.75, 3.05) is 0 Å². The average molecular weight is 691 g/mol. The van der Waals surface area contributed by atoms with Crippen molar-refractivity contribution < 1.29 is 9.52 Å². The molecule has 0 fully saturated rings. The van der Waals surface area contributed by atoms with Crippen LogP contribution in [0.5, 0.6) is 5.75 Å². The highest BCUT2D eigenvalue weighted by Gasteiger charge is 2.30. The molecule has 1 atom stereocenters. The van der Waals surface area contributed by atoms with Gasteiger partial charge in [-0.25, -0.2) is 0 Å². The van der Waals surface area contributed by atoms with Gasteiger partial charge in [-0.3, -0.25) is 9.98 Å². The molecule has 1 aromatic heterocycles. The monoisotopic (exact) mass is 691 g/mol. The number of phenolic OH excluding ortho intramolecular Hbond substituents is 1. The van der Waals surface area contributed by atoms with Gasteiger partial charge in [0.15, 0.2) is 0 Å². The number of aliphatic imine (C=N–C) groups is 2. The number of furan rings is 1. The van der Waals surface area contributed by atoms with E-state index in [1.54, 1.807) is 0 Å². The Morgan fingerprint density at radius 3 is 2.27 bits per heavy atom. The predicted molar refractivity (Wildman–Crippen MR) is 220 cm³/mol. The highest BCUT2D eigenvalue weighted by atomic mass is 32.1. The molecule has 0 amide bonds. The Balaban J connectivity index is 1.30. The first-order valence-corrected chi connectivity index (χ1v) is 17.7. The van der Waals surface area contributed by atoms with E-state index in [1.165, 1.54) is 0 Å². The maximum absolute atomic E-state index is 10.9. The number of nitrogens with zero attached hydrogens (tertiary/aromatic N) is 2. The molecule has 1 aliphatic carbocycles. The van der Waals surface area contributed by atoms with E-state index in [0.29, 0.717) is 39.4 Å². The topological polar surface area (TPSA) is 70.1 Å². The fourth-order valence-corrected chi connectivity index (χ4v) is 8.04. The Bertz CT molecular complexity index is 2600. The van der Waals surface area contributed by atoms with Gasteiger partial charge in [0, 0.05) is 21.2 Å². The van der Waals surface area contributed by atoms with Crippen LogP contribution < -0.4 is 16.2 Å². The molecule has 4 radical (unpaired) electrons. The van der Waals surface area contributed by atoms with Crippen molar-refractivity contribution >= 4 is 73.7 Å². The van der Waals surface area contributed by atoms with Crippen LogP contribution in [0, 0.1) is 20.8 Å². The first-order valence-electron chi connectivity index (χ1n) is 17.2. The van der Waals surface area contributed by atoms with Crippen LogP contribution >= 0.6 is 12.6 Å². The lowest BCUT2D eigenvalue weighted by Crippen LogP contribution is -2.31. The molecule has 0 spiro atoms. The molecule has 250 valence electrons. The van der Waals surface area contributed by atoms with Crippen LogP contribution in [-0.4, -0.2) is 33.4 Å². The van der Waals surface area contributed by atoms with Crippen molar-refractivity contribution in [3.05, 3.63) is 142 Å². The molecule has 7 aromatic rings. The van der Waals surface area contributed by atoms with Gasteiger partial charge in [0.1, 0.15) is 44.6 Å². The van der Waals surface area contributed by atoms with Crippen LogP contribution in [0.4, 0.5) is 0 Å². The minimum Gasteiger partial charge on any atom is -0.507 e. The van der Waals surface area contributed by atoms with Gasteiger partial charge in [-0.05, 0) is 113 Å². The van der Waals surface area contributed by atoms with Crippen molar-refractivity contribution in [1.82, 2.24) is 5.32 Å². The maximum atomic E-state index is 10.9. The lowest BCUT2D eigenvalue weighted by Gasteiger charge is -2.21. The van der Waals surface area contributed by atoms with Crippen molar-refractivity contribution in [1.29, 1.82) is 0 Å². The number of phenols is 1. The Morgan fingerprint density at radius 1 is 0.846 bits per heavy atom. The minimum absolute atomic E-state index is 0.177. The van der Waals surface area contributed by atoms with Gasteiger partial charge in [-0.15, -0.1) is 12.6 Å². The van der Waals surface area contributed by atoms with Crippen LogP contribution in [0.3, 0.4) is 0 Å². The number of rotatable bonds is 7. The summed E-state index contributed by atoms with van der Waals surface area (Å²) in [5.41, 5.74) is 13.8. The van der Waals surface area contributed by atoms with E-state index >= 15 is 0 Å². The smallest absolute Gasteiger partial charge is 0.145 e. The van der Waals surface area contributed by atoms with Gasteiger partial charge in [0.05, 0.1) is 6.54 Å². The van der Waals surface area contributed by atoms with Gasteiger partial charge in [-0.2, -0.15) is 0 Å². The summed E-state index contributed by atoms with van der Waals surface area (Å²) in [6, 6.07) is 32.5. The standard InChI is InChI=1S/C44H35B2N3O2S/c1-23-24(2)41(50)25(3)30-21-32-38(36(23)30)42(52)40(46)33(39(32)45)22-48-44(49-43(47-4)27-15-9-6-10-16-27)28-19-31(26-13-7-5-8-14-26)37-29-17-11-12-18-34(29)51-35(37)20-28/h5-20,43,50,52H,4,21-22H2,1-3H3,(H,48,49). The Kier molecular flexibility index (Phi) is 8.59. The molecule has 1 aliphatic rings. The molecular formula is C44H35B2N3O2S. The molecule has 52 heavy (non-hydrogen) atoms. The fourth-order valence-electron chi connectivity index (χ4n) is 7.66. The van der Waals surface area contributed by atoms with Crippen LogP contribution in [0.25, 0.3) is 44.2 Å². The first kappa shape index (κ1) is 33.7. The third-order valence-electron chi connectivity index (χ3n) is 10.6. The molecule has 8 rings (SSSR count). The molecule has 2 N–H and O–H groups in total. The van der Waals surface area contributed by atoms with Gasteiger partial charge < -0.3 is 14.8 Å². The highest BCUT2D eigenvalue weighted by Crippen LogP contribution is 2.47. The molecular weight excluding hydrogens is 656 g/mol. The number of hydrogen-bond donors (Lipinski definition) is 3. The van der Waals surface area contributed by atoms with Gasteiger partial charge in [-0.1, -0.05) is 89.8 Å². The number of nitrogens with one attached hydrogen (secondary N) is 1. The van der Waals surface area contributed by atoms with E-state index in [0.717, 1.165) is 83.1 Å². The SMILES string of the molecule is [B]c1c(S)c2c(c([B])c1CN=C(NC(N=C)c1ccccc1)c1cc(-c3ccccc3)c3c(c1)oc1ccccc13)Cc1c(C)c(O)c(C)c(C)c1-2. The molecule has 6 aromatic carbocycles. The third kappa shape index (κ3) is 5.44. The Morgan fingerprint density at radius 2 is 1.54 bits per heavy atom. The second-order valence-corrected chi connectivity index (χ2v) is 13.9. The zero-order chi connectivity index (χ0) is 36.3. The number of thiol groups is 1. The van der Waals surface area contributed by atoms with Gasteiger partial charge in [0.25, 0.3) is 0 Å². The number of amidine groups is 1. The van der Waals surface area contributed by atoms with Crippen LogP contribution in [0.1, 0.15) is 50.7 Å². The number of hydrogen-bond acceptors (Lipinski definition) is 5. The first-order chi connectivity index (χ1) is 25.2. The van der Waals surface area contributed by atoms with Crippen LogP contribution in [0.2, 0.25) is 0 Å². The number of benzene rings is 6.